The van der Waals surface area contributed by atoms with Gasteiger partial charge in [-0.15, -0.1) is 13.2 Å². The van der Waals surface area contributed by atoms with Crippen molar-refractivity contribution < 1.29 is 24.2 Å². The van der Waals surface area contributed by atoms with Crippen LogP contribution < -0.4 is 4.90 Å². The summed E-state index contributed by atoms with van der Waals surface area (Å²) in [5, 5.41) is 10.6. The maximum absolute atomic E-state index is 14.7. The number of aliphatic hydroxyl groups is 1. The van der Waals surface area contributed by atoms with E-state index in [0.717, 1.165) is 12.8 Å². The number of amides is 3. The number of ether oxygens (including phenoxy) is 1. The van der Waals surface area contributed by atoms with Gasteiger partial charge in [0.1, 0.15) is 11.6 Å². The lowest BCUT2D eigenvalue weighted by Gasteiger charge is -2.42. The van der Waals surface area contributed by atoms with Crippen LogP contribution in [-0.4, -0.2) is 87.0 Å². The van der Waals surface area contributed by atoms with Crippen LogP contribution in [0.3, 0.4) is 0 Å². The van der Waals surface area contributed by atoms with Crippen molar-refractivity contribution in [2.45, 2.75) is 88.0 Å². The number of aliphatic hydroxyl groups excluding tert-OH is 1. The number of fused-ring (bicyclic) bond motifs is 1. The molecule has 3 amide bonds. The maximum Gasteiger partial charge on any atom is 0.248 e. The summed E-state index contributed by atoms with van der Waals surface area (Å²) in [6.07, 6.45) is 5.62. The predicted octanol–water partition coefficient (Wildman–Crippen LogP) is 4.56. The fourth-order valence-electron chi connectivity index (χ4n) is 7.40. The largest absolute Gasteiger partial charge is 0.394 e. The summed E-state index contributed by atoms with van der Waals surface area (Å²) in [6.45, 7) is 16.1. The number of hydrogen-bond acceptors (Lipinski definition) is 5. The van der Waals surface area contributed by atoms with E-state index in [9.17, 15) is 19.5 Å². The molecule has 3 aliphatic rings. The third-order valence-corrected chi connectivity index (χ3v) is 10.4. The molecule has 9 atom stereocenters. The summed E-state index contributed by atoms with van der Waals surface area (Å²) in [6, 6.07) is 7.70. The number of nitrogens with zero attached hydrogens (tertiary/aromatic N) is 3. The van der Waals surface area contributed by atoms with Crippen molar-refractivity contribution in [2.75, 3.05) is 24.6 Å². The van der Waals surface area contributed by atoms with Crippen molar-refractivity contribution >= 4 is 39.3 Å². The van der Waals surface area contributed by atoms with E-state index in [1.807, 2.05) is 51.1 Å². The Morgan fingerprint density at radius 1 is 1.17 bits per heavy atom. The number of rotatable bonds is 14. The molecule has 1 spiro atoms. The summed E-state index contributed by atoms with van der Waals surface area (Å²) >= 11 is 3.78. The smallest absolute Gasteiger partial charge is 0.248 e. The number of carbonyl (C=O) groups excluding carboxylic acids is 3. The molecule has 9 heteroatoms. The highest BCUT2D eigenvalue weighted by molar-refractivity contribution is 9.09. The van der Waals surface area contributed by atoms with Gasteiger partial charge in [-0.1, -0.05) is 79.9 Å². The molecule has 1 aromatic rings. The summed E-state index contributed by atoms with van der Waals surface area (Å²) < 4.78 is 6.77. The van der Waals surface area contributed by atoms with Crippen LogP contribution in [0, 0.1) is 17.8 Å². The molecular weight excluding hydrogens is 598 g/mol. The number of hydrogen-bond donors (Lipinski definition) is 1. The van der Waals surface area contributed by atoms with E-state index in [4.69, 9.17) is 4.74 Å². The number of carbonyl (C=O) groups is 3. The monoisotopic (exact) mass is 643 g/mol. The van der Waals surface area contributed by atoms with Crippen molar-refractivity contribution in [3.8, 4) is 0 Å². The molecule has 4 unspecified atom stereocenters. The molecule has 230 valence electrons. The fraction of sp³-hybridized carbons (Fsp3) is 0.606. The van der Waals surface area contributed by atoms with Crippen molar-refractivity contribution in [3.63, 3.8) is 0 Å². The van der Waals surface area contributed by atoms with Gasteiger partial charge in [-0.2, -0.15) is 0 Å². The van der Waals surface area contributed by atoms with E-state index in [2.05, 4.69) is 36.0 Å². The minimum absolute atomic E-state index is 0.0712. The Balaban J connectivity index is 1.85. The lowest BCUT2D eigenvalue weighted by molar-refractivity contribution is -0.153. The molecule has 2 bridgehead atoms. The van der Waals surface area contributed by atoms with Gasteiger partial charge in [0.05, 0.1) is 30.6 Å². The minimum atomic E-state index is -1.20. The van der Waals surface area contributed by atoms with Crippen molar-refractivity contribution in [1.29, 1.82) is 0 Å². The van der Waals surface area contributed by atoms with Crippen molar-refractivity contribution in [1.82, 2.24) is 9.80 Å². The molecule has 8 nitrogen and oxygen atoms in total. The Morgan fingerprint density at radius 3 is 2.40 bits per heavy atom. The molecule has 3 heterocycles. The molecule has 3 saturated heterocycles. The van der Waals surface area contributed by atoms with Gasteiger partial charge in [0.15, 0.2) is 0 Å². The third kappa shape index (κ3) is 5.37. The Bertz CT molecular complexity index is 1160. The van der Waals surface area contributed by atoms with Gasteiger partial charge in [0.2, 0.25) is 17.7 Å². The van der Waals surface area contributed by atoms with Crippen LogP contribution in [0.25, 0.3) is 0 Å². The maximum atomic E-state index is 14.7. The molecule has 3 aliphatic heterocycles. The second-order valence-electron chi connectivity index (χ2n) is 12.0. The van der Waals surface area contributed by atoms with Crippen LogP contribution in [0.4, 0.5) is 5.69 Å². The third-order valence-electron chi connectivity index (χ3n) is 9.58. The quantitative estimate of drug-likeness (QED) is 0.237. The second-order valence-corrected chi connectivity index (χ2v) is 13.2. The van der Waals surface area contributed by atoms with Gasteiger partial charge in [0, 0.05) is 29.6 Å². The average Bonchev–Trinajstić information content (AvgIpc) is 3.58. The van der Waals surface area contributed by atoms with Gasteiger partial charge in [-0.3, -0.25) is 14.4 Å². The lowest BCUT2D eigenvalue weighted by atomic mass is 9.70. The summed E-state index contributed by atoms with van der Waals surface area (Å²) in [7, 11) is 0. The first-order valence-electron chi connectivity index (χ1n) is 15.3. The van der Waals surface area contributed by atoms with E-state index in [1.165, 1.54) is 0 Å². The van der Waals surface area contributed by atoms with Gasteiger partial charge < -0.3 is 24.5 Å². The number of alkyl halides is 1. The second kappa shape index (κ2) is 13.4. The summed E-state index contributed by atoms with van der Waals surface area (Å²) in [5.74, 6) is -2.45. The van der Waals surface area contributed by atoms with E-state index >= 15 is 0 Å². The molecule has 0 aliphatic carbocycles. The molecule has 0 aromatic heterocycles. The van der Waals surface area contributed by atoms with E-state index < -0.39 is 35.6 Å². The van der Waals surface area contributed by atoms with Crippen LogP contribution >= 0.6 is 15.9 Å². The molecule has 0 radical (unpaired) electrons. The Morgan fingerprint density at radius 2 is 1.83 bits per heavy atom. The Kier molecular flexibility index (Phi) is 10.4. The van der Waals surface area contributed by atoms with Crippen molar-refractivity contribution in [2.24, 2.45) is 17.8 Å². The van der Waals surface area contributed by atoms with Crippen LogP contribution in [0.1, 0.15) is 53.4 Å². The first-order chi connectivity index (χ1) is 20.1. The number of benzene rings is 1. The zero-order valence-corrected chi connectivity index (χ0v) is 26.9. The van der Waals surface area contributed by atoms with E-state index in [-0.39, 0.29) is 47.7 Å². The summed E-state index contributed by atoms with van der Waals surface area (Å²) in [5.41, 5.74) is -0.491. The molecule has 42 heavy (non-hydrogen) atoms. The predicted molar refractivity (Wildman–Crippen MR) is 168 cm³/mol. The number of anilines is 1. The Labute approximate surface area is 258 Å². The zero-order chi connectivity index (χ0) is 30.8. The lowest BCUT2D eigenvalue weighted by Crippen LogP contribution is -2.61. The average molecular weight is 645 g/mol. The SMILES string of the molecule is C=CCN(C(=O)[C@H]1[C@H]2C(=O)N([C@@H](CO)[C@@H](C)CC)C(C(=O)N(CC=C)C(C)CCC)C23CC(Br)[C@@H]1O3)c1ccccc1. The molecule has 1 aromatic carbocycles. The highest BCUT2D eigenvalue weighted by atomic mass is 79.9. The molecule has 4 rings (SSSR count). The molecule has 3 fully saturated rings. The van der Waals surface area contributed by atoms with Gasteiger partial charge in [-0.25, -0.2) is 0 Å². The van der Waals surface area contributed by atoms with Gasteiger partial charge in [-0.05, 0) is 37.8 Å². The molecular formula is C33H46BrN3O5. The van der Waals surface area contributed by atoms with Gasteiger partial charge in [0.25, 0.3) is 0 Å². The van der Waals surface area contributed by atoms with E-state index in [0.29, 0.717) is 25.1 Å². The molecule has 1 N–H and O–H groups in total. The standard InChI is InChI=1S/C33H46BrN3O5/c1-7-14-22(6)35(17-8-2)32(41)29-33-19-24(34)28(42-33)26(27(33)31(40)37(29)25(20-38)21(5)10-4)30(39)36(18-9-3)23-15-12-11-13-16-23/h8-9,11-13,15-16,21-22,24-29,38H,2-3,7,10,14,17-20H2,1,4-6H3/t21-,22?,24?,25-,26-,27-,28-,29?,33?/m0/s1. The zero-order valence-electron chi connectivity index (χ0n) is 25.3. The van der Waals surface area contributed by atoms with Crippen LogP contribution in [-0.2, 0) is 19.1 Å². The molecule has 0 saturated carbocycles. The Hall–Kier alpha value is -2.49. The summed E-state index contributed by atoms with van der Waals surface area (Å²) in [4.78, 5) is 48.6. The minimum Gasteiger partial charge on any atom is -0.394 e. The van der Waals surface area contributed by atoms with Crippen LogP contribution in [0.2, 0.25) is 0 Å². The fourth-order valence-corrected chi connectivity index (χ4v) is 8.34. The highest BCUT2D eigenvalue weighted by Gasteiger charge is 2.77. The van der Waals surface area contributed by atoms with Crippen LogP contribution in [0.5, 0.6) is 0 Å². The van der Waals surface area contributed by atoms with Crippen LogP contribution in [0.15, 0.2) is 55.6 Å². The first kappa shape index (κ1) is 32.4. The normalized spacial score (nSPS) is 30.0. The highest BCUT2D eigenvalue weighted by Crippen LogP contribution is 2.61. The number of halogens is 1. The first-order valence-corrected chi connectivity index (χ1v) is 16.2. The van der Waals surface area contributed by atoms with Gasteiger partial charge >= 0.3 is 0 Å². The van der Waals surface area contributed by atoms with Crippen molar-refractivity contribution in [3.05, 3.63) is 55.6 Å². The number of likely N-dealkylation sites (tertiary alicyclic amines) is 1. The topological polar surface area (TPSA) is 90.4 Å². The van der Waals surface area contributed by atoms with E-state index in [1.54, 1.807) is 26.9 Å². The number of para-hydroxylation sites is 1.